The highest BCUT2D eigenvalue weighted by molar-refractivity contribution is 7.13. The standard InChI is InChI=1S/C16H22N2S/c1-16(2,3)13-8-6-12(7-9-13)15-18-14(11-19-15)5-4-10-17/h6-9,11H,4-5,10,17H2,1-3H3. The SMILES string of the molecule is CC(C)(C)c1ccc(-c2nc(CCCN)cs2)cc1. The number of hydrogen-bond acceptors (Lipinski definition) is 3. The van der Waals surface area contributed by atoms with Crippen molar-refractivity contribution in [2.45, 2.75) is 39.0 Å². The van der Waals surface area contributed by atoms with Crippen molar-refractivity contribution in [3.63, 3.8) is 0 Å². The maximum atomic E-state index is 5.53. The Hall–Kier alpha value is -1.19. The summed E-state index contributed by atoms with van der Waals surface area (Å²) >= 11 is 1.71. The van der Waals surface area contributed by atoms with Gasteiger partial charge in [-0.1, -0.05) is 45.0 Å². The Morgan fingerprint density at radius 3 is 2.42 bits per heavy atom. The van der Waals surface area contributed by atoms with Crippen molar-refractivity contribution < 1.29 is 0 Å². The smallest absolute Gasteiger partial charge is 0.123 e. The Labute approximate surface area is 119 Å². The number of nitrogens with two attached hydrogens (primary N) is 1. The Bertz CT molecular complexity index is 520. The third-order valence-corrected chi connectivity index (χ3v) is 4.13. The van der Waals surface area contributed by atoms with E-state index in [4.69, 9.17) is 5.73 Å². The van der Waals surface area contributed by atoms with E-state index in [0.717, 1.165) is 30.1 Å². The van der Waals surface area contributed by atoms with Crippen LogP contribution in [0.3, 0.4) is 0 Å². The van der Waals surface area contributed by atoms with E-state index < -0.39 is 0 Å². The third kappa shape index (κ3) is 3.64. The summed E-state index contributed by atoms with van der Waals surface area (Å²) in [6.45, 7) is 7.43. The molecule has 0 amide bonds. The molecule has 0 saturated heterocycles. The van der Waals surface area contributed by atoms with Gasteiger partial charge in [-0.25, -0.2) is 4.98 Å². The van der Waals surface area contributed by atoms with Crippen LogP contribution >= 0.6 is 11.3 Å². The minimum absolute atomic E-state index is 0.202. The first-order valence-corrected chi connectivity index (χ1v) is 7.64. The van der Waals surface area contributed by atoms with Crippen LogP contribution in [0, 0.1) is 0 Å². The van der Waals surface area contributed by atoms with Crippen LogP contribution in [0.4, 0.5) is 0 Å². The maximum absolute atomic E-state index is 5.53. The molecule has 0 unspecified atom stereocenters. The molecular weight excluding hydrogens is 252 g/mol. The van der Waals surface area contributed by atoms with E-state index in [1.54, 1.807) is 11.3 Å². The first-order chi connectivity index (χ1) is 9.00. The van der Waals surface area contributed by atoms with Gasteiger partial charge in [-0.15, -0.1) is 11.3 Å². The molecule has 0 aliphatic heterocycles. The summed E-state index contributed by atoms with van der Waals surface area (Å²) in [6.07, 6.45) is 1.99. The minimum atomic E-state index is 0.202. The zero-order valence-corrected chi connectivity index (χ0v) is 12.8. The van der Waals surface area contributed by atoms with Crippen molar-refractivity contribution in [2.75, 3.05) is 6.54 Å². The predicted molar refractivity (Wildman–Crippen MR) is 83.6 cm³/mol. The van der Waals surface area contributed by atoms with E-state index in [2.05, 4.69) is 55.4 Å². The van der Waals surface area contributed by atoms with Gasteiger partial charge in [0.15, 0.2) is 0 Å². The molecule has 2 aromatic rings. The van der Waals surface area contributed by atoms with Crippen LogP contribution in [-0.2, 0) is 11.8 Å². The second kappa shape index (κ2) is 5.85. The molecule has 102 valence electrons. The van der Waals surface area contributed by atoms with Crippen molar-refractivity contribution in [3.8, 4) is 10.6 Å². The van der Waals surface area contributed by atoms with Crippen molar-refractivity contribution in [1.82, 2.24) is 4.98 Å². The third-order valence-electron chi connectivity index (χ3n) is 3.19. The first kappa shape index (κ1) is 14.2. The van der Waals surface area contributed by atoms with Gasteiger partial charge in [0.05, 0.1) is 5.69 Å². The molecular formula is C16H22N2S. The maximum Gasteiger partial charge on any atom is 0.123 e. The quantitative estimate of drug-likeness (QED) is 0.915. The Balaban J connectivity index is 2.16. The van der Waals surface area contributed by atoms with Gasteiger partial charge >= 0.3 is 0 Å². The zero-order valence-electron chi connectivity index (χ0n) is 11.9. The molecule has 2 N–H and O–H groups in total. The molecule has 3 heteroatoms. The molecule has 0 bridgehead atoms. The van der Waals surface area contributed by atoms with Gasteiger partial charge in [0.25, 0.3) is 0 Å². The van der Waals surface area contributed by atoms with Gasteiger partial charge in [-0.2, -0.15) is 0 Å². The number of benzene rings is 1. The molecule has 0 aliphatic carbocycles. The van der Waals surface area contributed by atoms with E-state index in [1.807, 2.05) is 0 Å². The van der Waals surface area contributed by atoms with Gasteiger partial charge in [0.2, 0.25) is 0 Å². The summed E-state index contributed by atoms with van der Waals surface area (Å²) in [6, 6.07) is 8.75. The lowest BCUT2D eigenvalue weighted by molar-refractivity contribution is 0.590. The minimum Gasteiger partial charge on any atom is -0.330 e. The average molecular weight is 274 g/mol. The predicted octanol–water partition coefficient (Wildman–Crippen LogP) is 4.00. The summed E-state index contributed by atoms with van der Waals surface area (Å²) in [5, 5.41) is 3.25. The van der Waals surface area contributed by atoms with Crippen LogP contribution in [0.1, 0.15) is 38.4 Å². The number of aryl methyl sites for hydroxylation is 1. The van der Waals surface area contributed by atoms with E-state index in [-0.39, 0.29) is 5.41 Å². The number of hydrogen-bond donors (Lipinski definition) is 1. The highest BCUT2D eigenvalue weighted by atomic mass is 32.1. The monoisotopic (exact) mass is 274 g/mol. The molecule has 2 nitrogen and oxygen atoms in total. The molecule has 19 heavy (non-hydrogen) atoms. The van der Waals surface area contributed by atoms with Crippen LogP contribution in [0.15, 0.2) is 29.6 Å². The zero-order chi connectivity index (χ0) is 13.9. The van der Waals surface area contributed by atoms with Crippen molar-refractivity contribution >= 4 is 11.3 Å². The van der Waals surface area contributed by atoms with Crippen molar-refractivity contribution in [2.24, 2.45) is 5.73 Å². The number of nitrogens with zero attached hydrogens (tertiary/aromatic N) is 1. The summed E-state index contributed by atoms with van der Waals surface area (Å²) in [7, 11) is 0. The summed E-state index contributed by atoms with van der Waals surface area (Å²) in [5.41, 5.74) is 9.45. The second-order valence-corrected chi connectivity index (χ2v) is 6.72. The second-order valence-electron chi connectivity index (χ2n) is 5.86. The fourth-order valence-corrected chi connectivity index (χ4v) is 2.81. The summed E-state index contributed by atoms with van der Waals surface area (Å²) in [5.74, 6) is 0. The van der Waals surface area contributed by atoms with Gasteiger partial charge < -0.3 is 5.73 Å². The van der Waals surface area contributed by atoms with Gasteiger partial charge in [-0.3, -0.25) is 0 Å². The first-order valence-electron chi connectivity index (χ1n) is 6.76. The fourth-order valence-electron chi connectivity index (χ4n) is 1.95. The Morgan fingerprint density at radius 2 is 1.84 bits per heavy atom. The molecule has 0 fully saturated rings. The van der Waals surface area contributed by atoms with Gasteiger partial charge in [0, 0.05) is 10.9 Å². The molecule has 0 radical (unpaired) electrons. The lowest BCUT2D eigenvalue weighted by Gasteiger charge is -2.18. The molecule has 1 aromatic heterocycles. The lowest BCUT2D eigenvalue weighted by Crippen LogP contribution is -2.10. The highest BCUT2D eigenvalue weighted by Gasteiger charge is 2.13. The van der Waals surface area contributed by atoms with Crippen LogP contribution in [-0.4, -0.2) is 11.5 Å². The molecule has 1 heterocycles. The number of rotatable bonds is 4. The summed E-state index contributed by atoms with van der Waals surface area (Å²) < 4.78 is 0. The van der Waals surface area contributed by atoms with E-state index in [0.29, 0.717) is 0 Å². The molecule has 0 saturated carbocycles. The van der Waals surface area contributed by atoms with Crippen LogP contribution < -0.4 is 5.73 Å². The average Bonchev–Trinajstić information content (AvgIpc) is 2.84. The van der Waals surface area contributed by atoms with Crippen LogP contribution in [0.5, 0.6) is 0 Å². The molecule has 0 aliphatic rings. The summed E-state index contributed by atoms with van der Waals surface area (Å²) in [4.78, 5) is 4.67. The van der Waals surface area contributed by atoms with E-state index in [9.17, 15) is 0 Å². The van der Waals surface area contributed by atoms with Gasteiger partial charge in [-0.05, 0) is 30.4 Å². The lowest BCUT2D eigenvalue weighted by atomic mass is 9.87. The fraction of sp³-hybridized carbons (Fsp3) is 0.438. The molecule has 0 atom stereocenters. The Kier molecular flexibility index (Phi) is 4.38. The van der Waals surface area contributed by atoms with Crippen LogP contribution in [0.2, 0.25) is 0 Å². The molecule has 0 spiro atoms. The number of thiazole rings is 1. The number of aromatic nitrogens is 1. The largest absolute Gasteiger partial charge is 0.330 e. The van der Waals surface area contributed by atoms with E-state index in [1.165, 1.54) is 11.1 Å². The Morgan fingerprint density at radius 1 is 1.16 bits per heavy atom. The molecule has 1 aromatic carbocycles. The van der Waals surface area contributed by atoms with Gasteiger partial charge in [0.1, 0.15) is 5.01 Å². The molecule has 2 rings (SSSR count). The highest BCUT2D eigenvalue weighted by Crippen LogP contribution is 2.28. The van der Waals surface area contributed by atoms with Crippen molar-refractivity contribution in [1.29, 1.82) is 0 Å². The van der Waals surface area contributed by atoms with Crippen molar-refractivity contribution in [3.05, 3.63) is 40.9 Å². The topological polar surface area (TPSA) is 38.9 Å². The normalized spacial score (nSPS) is 11.8. The van der Waals surface area contributed by atoms with Crippen LogP contribution in [0.25, 0.3) is 10.6 Å². The van der Waals surface area contributed by atoms with E-state index >= 15 is 0 Å².